The molecule has 0 aliphatic rings. The summed E-state index contributed by atoms with van der Waals surface area (Å²) in [5.41, 5.74) is 0. The van der Waals surface area contributed by atoms with E-state index in [9.17, 15) is 0 Å². The smallest absolute Gasteiger partial charge is 0.0500 e. The number of hydrogen-bond acceptors (Lipinski definition) is 0. The molecule has 4 aromatic carbocycles. The van der Waals surface area contributed by atoms with Crippen molar-refractivity contribution in [3.05, 3.63) is 55.4 Å². The summed E-state index contributed by atoms with van der Waals surface area (Å²) >= 11 is 31.6. The average molecular weight is 374 g/mol. The maximum Gasteiger partial charge on any atom is 0.0500 e. The van der Waals surface area contributed by atoms with Gasteiger partial charge in [-0.25, -0.2) is 0 Å². The normalized spacial score (nSPS) is 12.0. The molecular weight excluding hydrogens is 369 g/mol. The topological polar surface area (TPSA) is 0 Å². The predicted octanol–water partition coefficient (Wildman–Crippen LogP) is 7.85. The molecule has 4 aromatic rings. The van der Waals surface area contributed by atoms with E-state index in [4.69, 9.17) is 58.0 Å². The van der Waals surface area contributed by atoms with Crippen molar-refractivity contribution in [2.24, 2.45) is 0 Å². The number of rotatable bonds is 0. The van der Waals surface area contributed by atoms with Crippen molar-refractivity contribution < 1.29 is 0 Å². The Bertz CT molecular complexity index is 960. The van der Waals surface area contributed by atoms with Crippen molar-refractivity contribution in [3.8, 4) is 0 Å². The van der Waals surface area contributed by atoms with Crippen LogP contribution in [0.1, 0.15) is 0 Å². The Labute approximate surface area is 145 Å². The van der Waals surface area contributed by atoms with Crippen LogP contribution < -0.4 is 0 Å². The summed E-state index contributed by atoms with van der Waals surface area (Å²) in [7, 11) is 0. The summed E-state index contributed by atoms with van der Waals surface area (Å²) in [5, 5.41) is 8.19. The summed E-state index contributed by atoms with van der Waals surface area (Å²) in [6.07, 6.45) is 0. The molecule has 0 nitrogen and oxygen atoms in total. The molecule has 0 amide bonds. The van der Waals surface area contributed by atoms with Crippen LogP contribution in [0.2, 0.25) is 25.1 Å². The monoisotopic (exact) mass is 372 g/mol. The van der Waals surface area contributed by atoms with Crippen molar-refractivity contribution in [2.45, 2.75) is 0 Å². The predicted molar refractivity (Wildman–Crippen MR) is 95.2 cm³/mol. The lowest BCUT2D eigenvalue weighted by atomic mass is 9.94. The molecule has 21 heavy (non-hydrogen) atoms. The highest BCUT2D eigenvalue weighted by atomic mass is 35.5. The van der Waals surface area contributed by atoms with E-state index in [-0.39, 0.29) is 0 Å². The molecule has 0 fully saturated rings. The van der Waals surface area contributed by atoms with Crippen molar-refractivity contribution in [3.63, 3.8) is 0 Å². The largest absolute Gasteiger partial charge is 0.0843 e. The highest BCUT2D eigenvalue weighted by molar-refractivity contribution is 6.49. The summed E-state index contributed by atoms with van der Waals surface area (Å²) in [6, 6.07) is 9.06. The lowest BCUT2D eigenvalue weighted by Crippen LogP contribution is -1.88. The van der Waals surface area contributed by atoms with E-state index in [0.717, 1.165) is 32.3 Å². The quantitative estimate of drug-likeness (QED) is 0.275. The SMILES string of the molecule is Clc1cc2c(Cl)cc3c(Cl)cc(Cl)c4cc(Cl)c(c1)c2c34. The van der Waals surface area contributed by atoms with E-state index < -0.39 is 0 Å². The minimum absolute atomic E-state index is 0.565. The molecule has 0 heterocycles. The van der Waals surface area contributed by atoms with E-state index in [2.05, 4.69) is 0 Å². The second-order valence-corrected chi connectivity index (χ2v) is 6.97. The van der Waals surface area contributed by atoms with Crippen LogP contribution in [0.4, 0.5) is 0 Å². The van der Waals surface area contributed by atoms with Gasteiger partial charge in [0, 0.05) is 57.4 Å². The summed E-state index contributed by atoms with van der Waals surface area (Å²) < 4.78 is 0. The van der Waals surface area contributed by atoms with E-state index in [1.165, 1.54) is 0 Å². The molecular formula is C16H5Cl5. The van der Waals surface area contributed by atoms with E-state index >= 15 is 0 Å². The van der Waals surface area contributed by atoms with E-state index in [1.54, 1.807) is 6.07 Å². The van der Waals surface area contributed by atoms with Gasteiger partial charge in [0.25, 0.3) is 0 Å². The van der Waals surface area contributed by atoms with Crippen molar-refractivity contribution in [2.75, 3.05) is 0 Å². The summed E-state index contributed by atoms with van der Waals surface area (Å²) in [4.78, 5) is 0. The molecule has 0 bridgehead atoms. The fourth-order valence-electron chi connectivity index (χ4n) is 2.86. The zero-order valence-corrected chi connectivity index (χ0v) is 14.1. The second kappa shape index (κ2) is 4.68. The third kappa shape index (κ3) is 1.91. The Kier molecular flexibility index (Phi) is 3.12. The van der Waals surface area contributed by atoms with Crippen LogP contribution in [-0.2, 0) is 0 Å². The van der Waals surface area contributed by atoms with Crippen LogP contribution in [0.25, 0.3) is 32.3 Å². The first kappa shape index (κ1) is 14.0. The van der Waals surface area contributed by atoms with Gasteiger partial charge < -0.3 is 0 Å². The third-order valence-corrected chi connectivity index (χ3v) is 5.19. The van der Waals surface area contributed by atoms with Crippen molar-refractivity contribution >= 4 is 90.3 Å². The van der Waals surface area contributed by atoms with Crippen molar-refractivity contribution in [1.29, 1.82) is 0 Å². The standard InChI is InChI=1S/C16H5Cl5/c17-6-1-7-11(18)3-9-13(20)5-14(21)10-4-12(19)8(2-6)15(7)16(9)10/h1-5H. The number of halogens is 5. The lowest BCUT2D eigenvalue weighted by Gasteiger charge is -2.15. The molecule has 0 aliphatic carbocycles. The minimum Gasteiger partial charge on any atom is -0.0843 e. The minimum atomic E-state index is 0.565. The summed E-state index contributed by atoms with van der Waals surface area (Å²) in [6.45, 7) is 0. The third-order valence-electron chi connectivity index (χ3n) is 3.72. The van der Waals surface area contributed by atoms with Crippen LogP contribution >= 0.6 is 58.0 Å². The van der Waals surface area contributed by atoms with Gasteiger partial charge in [-0.2, -0.15) is 0 Å². The molecule has 0 spiro atoms. The average Bonchev–Trinajstić information content (AvgIpc) is 2.42. The van der Waals surface area contributed by atoms with E-state index in [0.29, 0.717) is 25.1 Å². The van der Waals surface area contributed by atoms with Gasteiger partial charge in [-0.05, 0) is 30.3 Å². The Balaban J connectivity index is 2.49. The van der Waals surface area contributed by atoms with Crippen LogP contribution in [0, 0.1) is 0 Å². The molecule has 0 aliphatic heterocycles. The fraction of sp³-hybridized carbons (Fsp3) is 0. The first-order chi connectivity index (χ1) is 9.97. The Morgan fingerprint density at radius 3 is 1.19 bits per heavy atom. The van der Waals surface area contributed by atoms with Gasteiger partial charge in [-0.15, -0.1) is 0 Å². The zero-order chi connectivity index (χ0) is 14.9. The van der Waals surface area contributed by atoms with Gasteiger partial charge in [0.2, 0.25) is 0 Å². The maximum absolute atomic E-state index is 6.40. The lowest BCUT2D eigenvalue weighted by molar-refractivity contribution is 1.77. The number of benzene rings is 4. The van der Waals surface area contributed by atoms with Gasteiger partial charge in [-0.3, -0.25) is 0 Å². The number of hydrogen-bond donors (Lipinski definition) is 0. The Morgan fingerprint density at radius 2 is 0.762 bits per heavy atom. The van der Waals surface area contributed by atoms with Gasteiger partial charge in [0.15, 0.2) is 0 Å². The van der Waals surface area contributed by atoms with Crippen LogP contribution in [0.5, 0.6) is 0 Å². The Morgan fingerprint density at radius 1 is 0.429 bits per heavy atom. The highest BCUT2D eigenvalue weighted by Crippen LogP contribution is 2.46. The van der Waals surface area contributed by atoms with Gasteiger partial charge in [0.05, 0.1) is 0 Å². The molecule has 0 atom stereocenters. The Hall–Kier alpha value is -0.630. The van der Waals surface area contributed by atoms with Gasteiger partial charge in [0.1, 0.15) is 0 Å². The molecule has 0 saturated carbocycles. The summed E-state index contributed by atoms with van der Waals surface area (Å²) in [5.74, 6) is 0. The molecule has 0 saturated heterocycles. The molecule has 0 unspecified atom stereocenters. The van der Waals surface area contributed by atoms with Crippen LogP contribution in [0.3, 0.4) is 0 Å². The second-order valence-electron chi connectivity index (χ2n) is 4.90. The van der Waals surface area contributed by atoms with Crippen molar-refractivity contribution in [1.82, 2.24) is 0 Å². The fourth-order valence-corrected chi connectivity index (χ4v) is 4.17. The molecule has 0 aromatic heterocycles. The van der Waals surface area contributed by atoms with E-state index in [1.807, 2.05) is 24.3 Å². The first-order valence-corrected chi connectivity index (χ1v) is 7.97. The van der Waals surface area contributed by atoms with Crippen LogP contribution in [-0.4, -0.2) is 0 Å². The molecule has 104 valence electrons. The van der Waals surface area contributed by atoms with Crippen LogP contribution in [0.15, 0.2) is 30.3 Å². The molecule has 5 heteroatoms. The molecule has 0 radical (unpaired) electrons. The molecule has 4 rings (SSSR count). The zero-order valence-electron chi connectivity index (χ0n) is 10.3. The maximum atomic E-state index is 6.40. The molecule has 0 N–H and O–H groups in total. The highest BCUT2D eigenvalue weighted by Gasteiger charge is 2.18. The van der Waals surface area contributed by atoms with Gasteiger partial charge >= 0.3 is 0 Å². The van der Waals surface area contributed by atoms with Gasteiger partial charge in [-0.1, -0.05) is 58.0 Å². The first-order valence-electron chi connectivity index (χ1n) is 6.08.